The molecule has 0 amide bonds. The van der Waals surface area contributed by atoms with Gasteiger partial charge in [0.2, 0.25) is 0 Å². The Morgan fingerprint density at radius 1 is 1.00 bits per heavy atom. The fourth-order valence-electron chi connectivity index (χ4n) is 4.47. The number of ether oxygens (including phenoxy) is 1. The molecular weight excluding hydrogens is 222 g/mol. The minimum atomic E-state index is 0.376. The van der Waals surface area contributed by atoms with Gasteiger partial charge in [0.25, 0.3) is 0 Å². The third-order valence-corrected chi connectivity index (χ3v) is 5.95. The van der Waals surface area contributed by atoms with Crippen LogP contribution < -0.4 is 5.73 Å². The van der Waals surface area contributed by atoms with Crippen LogP contribution in [0.25, 0.3) is 0 Å². The molecule has 0 heterocycles. The summed E-state index contributed by atoms with van der Waals surface area (Å²) in [6, 6.07) is 0.422. The molecule has 1 spiro atoms. The Morgan fingerprint density at radius 2 is 1.67 bits per heavy atom. The fraction of sp³-hybridized carbons (Fsp3) is 1.00. The Labute approximate surface area is 112 Å². The first-order chi connectivity index (χ1) is 8.71. The molecule has 0 radical (unpaired) electrons. The van der Waals surface area contributed by atoms with Gasteiger partial charge in [-0.2, -0.15) is 0 Å². The molecule has 0 aromatic rings. The maximum Gasteiger partial charge on any atom is 0.0664 e. The van der Waals surface area contributed by atoms with Crippen molar-refractivity contribution in [3.63, 3.8) is 0 Å². The molecule has 0 aromatic carbocycles. The van der Waals surface area contributed by atoms with E-state index in [0.717, 1.165) is 12.3 Å². The van der Waals surface area contributed by atoms with Crippen LogP contribution in [-0.4, -0.2) is 18.2 Å². The van der Waals surface area contributed by atoms with Crippen molar-refractivity contribution >= 4 is 0 Å². The normalized spacial score (nSPS) is 43.7. The molecule has 2 N–H and O–H groups in total. The first kappa shape index (κ1) is 12.9. The van der Waals surface area contributed by atoms with Gasteiger partial charge in [-0.3, -0.25) is 0 Å². The van der Waals surface area contributed by atoms with Crippen LogP contribution in [0.5, 0.6) is 0 Å². The summed E-state index contributed by atoms with van der Waals surface area (Å²) in [5, 5.41) is 0. The predicted octanol–water partition coefficient (Wildman–Crippen LogP) is 3.63. The highest BCUT2D eigenvalue weighted by Crippen LogP contribution is 2.53. The zero-order valence-corrected chi connectivity index (χ0v) is 11.9. The van der Waals surface area contributed by atoms with Gasteiger partial charge in [0.1, 0.15) is 0 Å². The molecule has 0 saturated heterocycles. The largest absolute Gasteiger partial charge is 0.374 e. The van der Waals surface area contributed by atoms with Gasteiger partial charge in [-0.05, 0) is 50.9 Å². The van der Waals surface area contributed by atoms with Crippen molar-refractivity contribution in [2.75, 3.05) is 0 Å². The van der Waals surface area contributed by atoms with Crippen LogP contribution >= 0.6 is 0 Å². The standard InChI is InChI=1S/C16H29NO/c1-12-5-7-13(8-6-12)18-15-11-14(17)16(15)9-3-2-4-10-16/h12-15H,2-11,17H2,1H3. The maximum atomic E-state index is 6.46. The molecule has 18 heavy (non-hydrogen) atoms. The smallest absolute Gasteiger partial charge is 0.0664 e. The molecule has 2 nitrogen and oxygen atoms in total. The van der Waals surface area contributed by atoms with Gasteiger partial charge in [-0.25, -0.2) is 0 Å². The second-order valence-electron chi connectivity index (χ2n) is 7.14. The summed E-state index contributed by atoms with van der Waals surface area (Å²) in [5.41, 5.74) is 6.70. The van der Waals surface area contributed by atoms with E-state index in [1.54, 1.807) is 0 Å². The summed E-state index contributed by atoms with van der Waals surface area (Å²) in [6.45, 7) is 2.37. The molecule has 0 bridgehead atoms. The Morgan fingerprint density at radius 3 is 2.28 bits per heavy atom. The van der Waals surface area contributed by atoms with E-state index in [1.165, 1.54) is 57.8 Å². The summed E-state index contributed by atoms with van der Waals surface area (Å²) in [7, 11) is 0. The number of rotatable bonds is 2. The highest BCUT2D eigenvalue weighted by molar-refractivity contribution is 5.07. The third kappa shape index (κ3) is 2.22. The van der Waals surface area contributed by atoms with Gasteiger partial charge in [0, 0.05) is 11.5 Å². The Hall–Kier alpha value is -0.0800. The Kier molecular flexibility index (Phi) is 3.68. The van der Waals surface area contributed by atoms with Crippen molar-refractivity contribution in [3.05, 3.63) is 0 Å². The van der Waals surface area contributed by atoms with Crippen molar-refractivity contribution < 1.29 is 4.74 Å². The molecule has 2 unspecified atom stereocenters. The molecule has 104 valence electrons. The third-order valence-electron chi connectivity index (χ3n) is 5.95. The quantitative estimate of drug-likeness (QED) is 0.813. The summed E-state index contributed by atoms with van der Waals surface area (Å²) in [4.78, 5) is 0. The van der Waals surface area contributed by atoms with E-state index < -0.39 is 0 Å². The van der Waals surface area contributed by atoms with E-state index in [4.69, 9.17) is 10.5 Å². The van der Waals surface area contributed by atoms with Crippen LogP contribution in [0, 0.1) is 11.3 Å². The summed E-state index contributed by atoms with van der Waals surface area (Å²) >= 11 is 0. The summed E-state index contributed by atoms with van der Waals surface area (Å²) < 4.78 is 6.46. The molecule has 3 fully saturated rings. The van der Waals surface area contributed by atoms with Gasteiger partial charge in [-0.15, -0.1) is 0 Å². The number of hydrogen-bond acceptors (Lipinski definition) is 2. The van der Waals surface area contributed by atoms with Crippen LogP contribution in [0.1, 0.15) is 71.1 Å². The van der Waals surface area contributed by atoms with Gasteiger partial charge >= 0.3 is 0 Å². The lowest BCUT2D eigenvalue weighted by Crippen LogP contribution is -2.63. The molecule has 3 rings (SSSR count). The Bertz CT molecular complexity index is 277. The maximum absolute atomic E-state index is 6.46. The van der Waals surface area contributed by atoms with Crippen molar-refractivity contribution in [2.45, 2.75) is 89.4 Å². The molecular formula is C16H29NO. The van der Waals surface area contributed by atoms with E-state index in [1.807, 2.05) is 0 Å². The second-order valence-corrected chi connectivity index (χ2v) is 7.14. The van der Waals surface area contributed by atoms with Crippen LogP contribution in [0.4, 0.5) is 0 Å². The van der Waals surface area contributed by atoms with E-state index in [0.29, 0.717) is 23.7 Å². The molecule has 0 aliphatic heterocycles. The lowest BCUT2D eigenvalue weighted by atomic mass is 9.55. The van der Waals surface area contributed by atoms with Crippen molar-refractivity contribution in [1.29, 1.82) is 0 Å². The van der Waals surface area contributed by atoms with E-state index in [2.05, 4.69) is 6.92 Å². The summed E-state index contributed by atoms with van der Waals surface area (Å²) in [6.07, 6.45) is 14.2. The van der Waals surface area contributed by atoms with Crippen LogP contribution in [0.2, 0.25) is 0 Å². The number of hydrogen-bond donors (Lipinski definition) is 1. The van der Waals surface area contributed by atoms with Gasteiger partial charge in [-0.1, -0.05) is 26.2 Å². The average Bonchev–Trinajstić information content (AvgIpc) is 2.42. The zero-order valence-electron chi connectivity index (χ0n) is 11.9. The van der Waals surface area contributed by atoms with Gasteiger partial charge in [0.05, 0.1) is 12.2 Å². The average molecular weight is 251 g/mol. The monoisotopic (exact) mass is 251 g/mol. The molecule has 2 heteroatoms. The lowest BCUT2D eigenvalue weighted by Gasteiger charge is -2.57. The minimum absolute atomic E-state index is 0.376. The fourth-order valence-corrected chi connectivity index (χ4v) is 4.47. The van der Waals surface area contributed by atoms with Crippen molar-refractivity contribution in [2.24, 2.45) is 17.1 Å². The van der Waals surface area contributed by atoms with Crippen LogP contribution in [0.15, 0.2) is 0 Å². The molecule has 2 atom stereocenters. The van der Waals surface area contributed by atoms with Crippen molar-refractivity contribution in [1.82, 2.24) is 0 Å². The van der Waals surface area contributed by atoms with Gasteiger partial charge in [0.15, 0.2) is 0 Å². The van der Waals surface area contributed by atoms with Crippen molar-refractivity contribution in [3.8, 4) is 0 Å². The van der Waals surface area contributed by atoms with Crippen LogP contribution in [-0.2, 0) is 4.74 Å². The molecule has 3 aliphatic rings. The van der Waals surface area contributed by atoms with Crippen LogP contribution in [0.3, 0.4) is 0 Å². The zero-order chi connectivity index (χ0) is 12.6. The number of nitrogens with two attached hydrogens (primary N) is 1. The molecule has 0 aromatic heterocycles. The predicted molar refractivity (Wildman–Crippen MR) is 74.4 cm³/mol. The lowest BCUT2D eigenvalue weighted by molar-refractivity contribution is -0.175. The van der Waals surface area contributed by atoms with E-state index >= 15 is 0 Å². The van der Waals surface area contributed by atoms with E-state index in [-0.39, 0.29) is 0 Å². The highest BCUT2D eigenvalue weighted by Gasteiger charge is 2.54. The SMILES string of the molecule is CC1CCC(OC2CC(N)C23CCCCC3)CC1. The van der Waals surface area contributed by atoms with Gasteiger partial charge < -0.3 is 10.5 Å². The summed E-state index contributed by atoms with van der Waals surface area (Å²) in [5.74, 6) is 0.914. The Balaban J connectivity index is 1.56. The minimum Gasteiger partial charge on any atom is -0.374 e. The molecule has 3 saturated carbocycles. The highest BCUT2D eigenvalue weighted by atomic mass is 16.5. The first-order valence-corrected chi connectivity index (χ1v) is 8.12. The van der Waals surface area contributed by atoms with E-state index in [9.17, 15) is 0 Å². The topological polar surface area (TPSA) is 35.2 Å². The molecule has 3 aliphatic carbocycles. The second kappa shape index (κ2) is 5.13. The first-order valence-electron chi connectivity index (χ1n) is 8.12.